The molecule has 0 bridgehead atoms. The first-order valence-electron chi connectivity index (χ1n) is 2.85. The quantitative estimate of drug-likeness (QED) is 0.567. The molecule has 46 valence electrons. The van der Waals surface area contributed by atoms with E-state index < -0.39 is 0 Å². The summed E-state index contributed by atoms with van der Waals surface area (Å²) in [6.07, 6.45) is 2.33. The van der Waals surface area contributed by atoms with Crippen LogP contribution in [0.5, 0.6) is 0 Å². The molecule has 0 aromatic carbocycles. The van der Waals surface area contributed by atoms with Crippen molar-refractivity contribution in [2.24, 2.45) is 0 Å². The minimum absolute atomic E-state index is 0.650. The lowest BCUT2D eigenvalue weighted by atomic mass is 10.2. The van der Waals surface area contributed by atoms with E-state index in [4.69, 9.17) is 9.68 Å². The number of furan rings is 1. The maximum Gasteiger partial charge on any atom is 0.121 e. The molecule has 1 heterocycles. The van der Waals surface area contributed by atoms with E-state index in [1.165, 1.54) is 6.26 Å². The van der Waals surface area contributed by atoms with Gasteiger partial charge in [-0.25, -0.2) is 0 Å². The Balaban J connectivity index is 3.02. The number of rotatable bonds is 1. The Morgan fingerprint density at radius 1 is 1.78 bits per heavy atom. The van der Waals surface area contributed by atoms with Crippen LogP contribution in [0.1, 0.15) is 18.2 Å². The summed E-state index contributed by atoms with van der Waals surface area (Å²) in [4.78, 5) is 0. The second kappa shape index (κ2) is 2.36. The average Bonchev–Trinajstić information content (AvgIpc) is 2.33. The molecule has 0 amide bonds. The van der Waals surface area contributed by atoms with E-state index >= 15 is 0 Å². The van der Waals surface area contributed by atoms with Gasteiger partial charge in [-0.3, -0.25) is 0 Å². The van der Waals surface area contributed by atoms with Crippen LogP contribution in [0.4, 0.5) is 0 Å². The lowest BCUT2D eigenvalue weighted by Gasteiger charge is -1.84. The zero-order chi connectivity index (χ0) is 6.69. The van der Waals surface area contributed by atoms with Crippen molar-refractivity contribution in [3.8, 4) is 6.07 Å². The fourth-order valence-electron chi connectivity index (χ4n) is 0.714. The van der Waals surface area contributed by atoms with Crippen LogP contribution in [-0.2, 0) is 6.42 Å². The lowest BCUT2D eigenvalue weighted by molar-refractivity contribution is 0.515. The first kappa shape index (κ1) is 5.90. The third kappa shape index (κ3) is 0.945. The minimum Gasteiger partial charge on any atom is -0.468 e. The molecule has 0 radical (unpaired) electrons. The van der Waals surface area contributed by atoms with E-state index in [9.17, 15) is 0 Å². The van der Waals surface area contributed by atoms with Gasteiger partial charge in [0.2, 0.25) is 0 Å². The van der Waals surface area contributed by atoms with Gasteiger partial charge in [-0.05, 0) is 6.07 Å². The van der Waals surface area contributed by atoms with Crippen LogP contribution in [0.2, 0.25) is 0 Å². The van der Waals surface area contributed by atoms with Crippen molar-refractivity contribution in [3.05, 3.63) is 23.7 Å². The molecular formula is C7H7NO. The summed E-state index contributed by atoms with van der Waals surface area (Å²) in [6.45, 7) is 1.96. The van der Waals surface area contributed by atoms with Crippen molar-refractivity contribution in [2.45, 2.75) is 13.3 Å². The molecule has 9 heavy (non-hydrogen) atoms. The number of nitrogens with zero attached hydrogens (tertiary/aromatic N) is 1. The Morgan fingerprint density at radius 2 is 2.56 bits per heavy atom. The highest BCUT2D eigenvalue weighted by Gasteiger charge is 1.99. The van der Waals surface area contributed by atoms with E-state index in [-0.39, 0.29) is 0 Å². The molecule has 2 nitrogen and oxygen atoms in total. The average molecular weight is 121 g/mol. The van der Waals surface area contributed by atoms with Gasteiger partial charge in [-0.15, -0.1) is 0 Å². The fourth-order valence-corrected chi connectivity index (χ4v) is 0.714. The molecule has 0 fully saturated rings. The second-order valence-corrected chi connectivity index (χ2v) is 1.72. The number of hydrogen-bond acceptors (Lipinski definition) is 2. The Kier molecular flexibility index (Phi) is 1.55. The van der Waals surface area contributed by atoms with Crippen LogP contribution in [0.15, 0.2) is 16.7 Å². The van der Waals surface area contributed by atoms with Gasteiger partial charge in [0.25, 0.3) is 0 Å². The van der Waals surface area contributed by atoms with Crippen molar-refractivity contribution in [2.75, 3.05) is 0 Å². The molecule has 1 rings (SSSR count). The van der Waals surface area contributed by atoms with Crippen molar-refractivity contribution < 1.29 is 4.42 Å². The Hall–Kier alpha value is -1.23. The Morgan fingerprint density at radius 3 is 3.00 bits per heavy atom. The normalized spacial score (nSPS) is 8.89. The molecule has 0 aliphatic rings. The van der Waals surface area contributed by atoms with E-state index in [1.807, 2.05) is 13.0 Å². The molecule has 0 N–H and O–H groups in total. The van der Waals surface area contributed by atoms with Crippen molar-refractivity contribution in [3.63, 3.8) is 0 Å². The predicted octanol–water partition coefficient (Wildman–Crippen LogP) is 1.71. The van der Waals surface area contributed by atoms with E-state index in [1.54, 1.807) is 6.07 Å². The zero-order valence-corrected chi connectivity index (χ0v) is 5.22. The molecule has 1 aromatic rings. The van der Waals surface area contributed by atoms with E-state index in [0.717, 1.165) is 12.2 Å². The van der Waals surface area contributed by atoms with E-state index in [0.29, 0.717) is 5.56 Å². The van der Waals surface area contributed by atoms with Crippen LogP contribution in [-0.4, -0.2) is 0 Å². The van der Waals surface area contributed by atoms with Gasteiger partial charge < -0.3 is 4.42 Å². The molecule has 0 unspecified atom stereocenters. The SMILES string of the molecule is CCc1occc1C#N. The molecule has 2 heteroatoms. The largest absolute Gasteiger partial charge is 0.468 e. The maximum atomic E-state index is 8.43. The van der Waals surface area contributed by atoms with Gasteiger partial charge in [0.15, 0.2) is 0 Å². The van der Waals surface area contributed by atoms with Gasteiger partial charge in [-0.2, -0.15) is 5.26 Å². The zero-order valence-electron chi connectivity index (χ0n) is 5.22. The highest BCUT2D eigenvalue weighted by molar-refractivity contribution is 5.30. The summed E-state index contributed by atoms with van der Waals surface area (Å²) in [5.41, 5.74) is 0.650. The molecular weight excluding hydrogens is 114 g/mol. The highest BCUT2D eigenvalue weighted by atomic mass is 16.3. The van der Waals surface area contributed by atoms with Gasteiger partial charge in [-0.1, -0.05) is 6.92 Å². The monoisotopic (exact) mass is 121 g/mol. The molecule has 0 atom stereocenters. The van der Waals surface area contributed by atoms with Gasteiger partial charge in [0.05, 0.1) is 11.8 Å². The number of hydrogen-bond donors (Lipinski definition) is 0. The summed E-state index contributed by atoms with van der Waals surface area (Å²) in [5, 5.41) is 8.43. The smallest absolute Gasteiger partial charge is 0.121 e. The van der Waals surface area contributed by atoms with Crippen LogP contribution in [0.3, 0.4) is 0 Å². The summed E-state index contributed by atoms with van der Waals surface area (Å²) < 4.78 is 4.98. The summed E-state index contributed by atoms with van der Waals surface area (Å²) >= 11 is 0. The molecule has 0 aliphatic carbocycles. The topological polar surface area (TPSA) is 36.9 Å². The second-order valence-electron chi connectivity index (χ2n) is 1.72. The van der Waals surface area contributed by atoms with Crippen molar-refractivity contribution in [1.29, 1.82) is 5.26 Å². The van der Waals surface area contributed by atoms with Gasteiger partial charge in [0.1, 0.15) is 11.8 Å². The van der Waals surface area contributed by atoms with Crippen molar-refractivity contribution in [1.82, 2.24) is 0 Å². The van der Waals surface area contributed by atoms with Crippen LogP contribution >= 0.6 is 0 Å². The first-order chi connectivity index (χ1) is 4.38. The van der Waals surface area contributed by atoms with Crippen LogP contribution in [0, 0.1) is 11.3 Å². The van der Waals surface area contributed by atoms with Gasteiger partial charge in [0, 0.05) is 6.42 Å². The minimum atomic E-state index is 0.650. The Bertz CT molecular complexity index is 231. The molecule has 0 saturated carbocycles. The fraction of sp³-hybridized carbons (Fsp3) is 0.286. The van der Waals surface area contributed by atoms with Gasteiger partial charge >= 0.3 is 0 Å². The Labute approximate surface area is 53.7 Å². The molecule has 0 spiro atoms. The van der Waals surface area contributed by atoms with E-state index in [2.05, 4.69) is 0 Å². The van der Waals surface area contributed by atoms with Crippen LogP contribution < -0.4 is 0 Å². The number of aryl methyl sites for hydroxylation is 1. The maximum absolute atomic E-state index is 8.43. The third-order valence-electron chi connectivity index (χ3n) is 1.19. The first-order valence-corrected chi connectivity index (χ1v) is 2.85. The standard InChI is InChI=1S/C7H7NO/c1-2-7-6(5-8)3-4-9-7/h3-4H,2H2,1H3. The van der Waals surface area contributed by atoms with Crippen LogP contribution in [0.25, 0.3) is 0 Å². The number of nitriles is 1. The molecule has 1 aromatic heterocycles. The summed E-state index contributed by atoms with van der Waals surface area (Å²) in [5.74, 6) is 0.775. The lowest BCUT2D eigenvalue weighted by Crippen LogP contribution is -1.77. The summed E-state index contributed by atoms with van der Waals surface area (Å²) in [7, 11) is 0. The predicted molar refractivity (Wildman–Crippen MR) is 32.8 cm³/mol. The van der Waals surface area contributed by atoms with Crippen molar-refractivity contribution >= 4 is 0 Å². The molecule has 0 saturated heterocycles. The highest BCUT2D eigenvalue weighted by Crippen LogP contribution is 2.08. The summed E-state index contributed by atoms with van der Waals surface area (Å²) in [6, 6.07) is 3.71. The molecule has 0 aliphatic heterocycles. The third-order valence-corrected chi connectivity index (χ3v) is 1.19.